The largest absolute Gasteiger partial charge is 0.268 e. The molecular formula is C25H18Cl2N4OS. The highest BCUT2D eigenvalue weighted by Gasteiger charge is 2.16. The lowest BCUT2D eigenvalue weighted by molar-refractivity contribution is 0.880. The third kappa shape index (κ3) is 4.22. The predicted molar refractivity (Wildman–Crippen MR) is 136 cm³/mol. The molecule has 0 amide bonds. The average Bonchev–Trinajstić information content (AvgIpc) is 2.83. The van der Waals surface area contributed by atoms with Crippen molar-refractivity contribution in [2.24, 2.45) is 0 Å². The fraction of sp³-hybridized carbons (Fsp3) is 0.120. The number of fused-ring (bicyclic) bond motifs is 2. The van der Waals surface area contributed by atoms with Crippen LogP contribution in [0.4, 0.5) is 0 Å². The first-order valence-electron chi connectivity index (χ1n) is 10.4. The Morgan fingerprint density at radius 2 is 1.67 bits per heavy atom. The normalized spacial score (nSPS) is 11.4. The van der Waals surface area contributed by atoms with E-state index in [2.05, 4.69) is 4.98 Å². The van der Waals surface area contributed by atoms with Gasteiger partial charge >= 0.3 is 0 Å². The average molecular weight is 493 g/mol. The zero-order valence-corrected chi connectivity index (χ0v) is 20.0. The molecule has 33 heavy (non-hydrogen) atoms. The van der Waals surface area contributed by atoms with Gasteiger partial charge in [-0.1, -0.05) is 72.2 Å². The van der Waals surface area contributed by atoms with E-state index in [4.69, 9.17) is 33.2 Å². The molecule has 3 aromatic carbocycles. The summed E-state index contributed by atoms with van der Waals surface area (Å²) >= 11 is 14.2. The second-order valence-electron chi connectivity index (χ2n) is 7.39. The highest BCUT2D eigenvalue weighted by molar-refractivity contribution is 7.98. The van der Waals surface area contributed by atoms with Crippen molar-refractivity contribution in [1.82, 2.24) is 19.5 Å². The predicted octanol–water partition coefficient (Wildman–Crippen LogP) is 6.49. The maximum atomic E-state index is 13.4. The molecule has 0 aliphatic rings. The van der Waals surface area contributed by atoms with Gasteiger partial charge in [0.25, 0.3) is 5.56 Å². The van der Waals surface area contributed by atoms with Crippen LogP contribution in [0.2, 0.25) is 10.0 Å². The molecule has 5 rings (SSSR count). The van der Waals surface area contributed by atoms with Crippen LogP contribution in [0.5, 0.6) is 0 Å². The Kier molecular flexibility index (Phi) is 6.06. The van der Waals surface area contributed by atoms with Crippen molar-refractivity contribution in [2.45, 2.75) is 24.1 Å². The van der Waals surface area contributed by atoms with Crippen LogP contribution >= 0.6 is 35.0 Å². The lowest BCUT2D eigenvalue weighted by atomic mass is 10.2. The molecule has 0 N–H and O–H groups in total. The first-order valence-corrected chi connectivity index (χ1v) is 12.1. The Morgan fingerprint density at radius 1 is 0.909 bits per heavy atom. The first-order chi connectivity index (χ1) is 16.0. The van der Waals surface area contributed by atoms with Crippen LogP contribution in [-0.4, -0.2) is 19.5 Å². The van der Waals surface area contributed by atoms with Crippen LogP contribution in [0.1, 0.15) is 18.6 Å². The van der Waals surface area contributed by atoms with Crippen LogP contribution in [0.25, 0.3) is 27.5 Å². The molecule has 0 saturated carbocycles. The lowest BCUT2D eigenvalue weighted by Gasteiger charge is -2.14. The van der Waals surface area contributed by atoms with Gasteiger partial charge in [-0.2, -0.15) is 0 Å². The van der Waals surface area contributed by atoms with E-state index < -0.39 is 0 Å². The molecule has 8 heteroatoms. The minimum atomic E-state index is -0.102. The zero-order valence-electron chi connectivity index (χ0n) is 17.6. The van der Waals surface area contributed by atoms with Gasteiger partial charge in [-0.05, 0) is 36.4 Å². The van der Waals surface area contributed by atoms with Crippen molar-refractivity contribution >= 4 is 56.8 Å². The van der Waals surface area contributed by atoms with Gasteiger partial charge in [0.1, 0.15) is 16.7 Å². The van der Waals surface area contributed by atoms with Gasteiger partial charge in [0.05, 0.1) is 32.9 Å². The Morgan fingerprint density at radius 3 is 2.45 bits per heavy atom. The summed E-state index contributed by atoms with van der Waals surface area (Å²) in [6, 6.07) is 20.4. The molecule has 5 aromatic rings. The molecule has 0 bridgehead atoms. The molecule has 5 nitrogen and oxygen atoms in total. The van der Waals surface area contributed by atoms with E-state index in [1.165, 1.54) is 11.8 Å². The number of benzene rings is 3. The zero-order chi connectivity index (χ0) is 22.9. The van der Waals surface area contributed by atoms with Gasteiger partial charge < -0.3 is 0 Å². The van der Waals surface area contributed by atoms with Crippen LogP contribution in [0.15, 0.2) is 76.6 Å². The number of hydrogen-bond acceptors (Lipinski definition) is 5. The SMILES string of the molecule is CCc1nc(SCc2nc3ccccc3c(=O)n2-c2ccccc2)c2cc(Cl)cc(Cl)c2n1. The number of hydrogen-bond donors (Lipinski definition) is 0. The van der Waals surface area contributed by atoms with Crippen LogP contribution in [0.3, 0.4) is 0 Å². The van der Waals surface area contributed by atoms with E-state index in [9.17, 15) is 4.79 Å². The van der Waals surface area contributed by atoms with E-state index >= 15 is 0 Å². The summed E-state index contributed by atoms with van der Waals surface area (Å²) < 4.78 is 1.67. The summed E-state index contributed by atoms with van der Waals surface area (Å²) in [6.07, 6.45) is 0.672. The maximum Gasteiger partial charge on any atom is 0.265 e. The molecule has 0 atom stereocenters. The van der Waals surface area contributed by atoms with E-state index in [1.54, 1.807) is 16.7 Å². The number of halogens is 2. The second kappa shape index (κ2) is 9.14. The number of para-hydroxylation sites is 2. The molecule has 0 radical (unpaired) electrons. The third-order valence-corrected chi connectivity index (χ3v) is 6.74. The summed E-state index contributed by atoms with van der Waals surface area (Å²) in [5, 5.41) is 3.12. The molecule has 0 spiro atoms. The summed E-state index contributed by atoms with van der Waals surface area (Å²) in [5.41, 5.74) is 2.00. The molecule has 0 saturated heterocycles. The van der Waals surface area contributed by atoms with Crippen LogP contribution in [-0.2, 0) is 12.2 Å². The number of thioether (sulfide) groups is 1. The highest BCUT2D eigenvalue weighted by Crippen LogP contribution is 2.34. The van der Waals surface area contributed by atoms with E-state index in [0.29, 0.717) is 50.3 Å². The van der Waals surface area contributed by atoms with Crippen molar-refractivity contribution in [1.29, 1.82) is 0 Å². The molecule has 2 heterocycles. The van der Waals surface area contributed by atoms with Crippen molar-refractivity contribution in [3.8, 4) is 5.69 Å². The summed E-state index contributed by atoms with van der Waals surface area (Å²) in [6.45, 7) is 2.00. The minimum Gasteiger partial charge on any atom is -0.268 e. The third-order valence-electron chi connectivity index (χ3n) is 5.24. The van der Waals surface area contributed by atoms with Crippen LogP contribution in [0, 0.1) is 0 Å². The fourth-order valence-electron chi connectivity index (χ4n) is 3.69. The Hall–Kier alpha value is -2.93. The van der Waals surface area contributed by atoms with Gasteiger partial charge in [0.2, 0.25) is 0 Å². The monoisotopic (exact) mass is 492 g/mol. The quantitative estimate of drug-likeness (QED) is 0.207. The summed E-state index contributed by atoms with van der Waals surface area (Å²) in [7, 11) is 0. The Balaban J connectivity index is 1.65. The van der Waals surface area contributed by atoms with Crippen molar-refractivity contribution in [2.75, 3.05) is 0 Å². The fourth-order valence-corrected chi connectivity index (χ4v) is 5.17. The van der Waals surface area contributed by atoms with E-state index in [-0.39, 0.29) is 5.56 Å². The molecule has 0 aliphatic carbocycles. The molecular weight excluding hydrogens is 475 g/mol. The number of aromatic nitrogens is 4. The van der Waals surface area contributed by atoms with Crippen LogP contribution < -0.4 is 5.56 Å². The first kappa shape index (κ1) is 21.9. The maximum absolute atomic E-state index is 13.4. The van der Waals surface area contributed by atoms with Gasteiger partial charge in [-0.25, -0.2) is 15.0 Å². The Bertz CT molecular complexity index is 1550. The van der Waals surface area contributed by atoms with Gasteiger partial charge in [-0.15, -0.1) is 0 Å². The molecule has 0 fully saturated rings. The molecule has 164 valence electrons. The number of aryl methyl sites for hydroxylation is 1. The molecule has 0 unspecified atom stereocenters. The van der Waals surface area contributed by atoms with Gasteiger partial charge in [-0.3, -0.25) is 9.36 Å². The lowest BCUT2D eigenvalue weighted by Crippen LogP contribution is -2.23. The minimum absolute atomic E-state index is 0.102. The Labute approximate surface area is 204 Å². The number of nitrogens with zero attached hydrogens (tertiary/aromatic N) is 4. The van der Waals surface area contributed by atoms with Gasteiger partial charge in [0.15, 0.2) is 0 Å². The van der Waals surface area contributed by atoms with Crippen molar-refractivity contribution < 1.29 is 0 Å². The van der Waals surface area contributed by atoms with Gasteiger partial charge in [0, 0.05) is 16.8 Å². The topological polar surface area (TPSA) is 60.7 Å². The standard InChI is InChI=1S/C25H18Cl2N4OS/c1-2-21-29-23-18(12-15(26)13-19(23)27)24(30-21)33-14-22-28-20-11-7-6-10-17(20)25(32)31(22)16-8-4-3-5-9-16/h3-13H,2,14H2,1H3. The molecule has 0 aliphatic heterocycles. The second-order valence-corrected chi connectivity index (χ2v) is 9.20. The molecule has 2 aromatic heterocycles. The van der Waals surface area contributed by atoms with Crippen molar-refractivity contribution in [3.05, 3.63) is 98.8 Å². The van der Waals surface area contributed by atoms with E-state index in [0.717, 1.165) is 16.1 Å². The van der Waals surface area contributed by atoms with E-state index in [1.807, 2.05) is 61.5 Å². The highest BCUT2D eigenvalue weighted by atomic mass is 35.5. The smallest absolute Gasteiger partial charge is 0.265 e. The van der Waals surface area contributed by atoms with Crippen molar-refractivity contribution in [3.63, 3.8) is 0 Å². The summed E-state index contributed by atoms with van der Waals surface area (Å²) in [4.78, 5) is 27.6. The summed E-state index contributed by atoms with van der Waals surface area (Å²) in [5.74, 6) is 1.75. The number of rotatable bonds is 5.